The van der Waals surface area contributed by atoms with Gasteiger partial charge in [-0.1, -0.05) is 12.2 Å². The minimum atomic E-state index is 0.0653. The van der Waals surface area contributed by atoms with Crippen LogP contribution in [0.3, 0.4) is 0 Å². The monoisotopic (exact) mass is 248 g/mol. The first-order valence-electron chi connectivity index (χ1n) is 6.35. The molecule has 0 fully saturated rings. The predicted octanol–water partition coefficient (Wildman–Crippen LogP) is 0.341. The number of aromatic nitrogens is 2. The van der Waals surface area contributed by atoms with E-state index in [1.807, 2.05) is 13.2 Å². The van der Waals surface area contributed by atoms with Gasteiger partial charge >= 0.3 is 0 Å². The van der Waals surface area contributed by atoms with Crippen LogP contribution in [0.5, 0.6) is 0 Å². The van der Waals surface area contributed by atoms with Crippen LogP contribution < -0.4 is 5.32 Å². The van der Waals surface area contributed by atoms with E-state index in [0.717, 1.165) is 31.6 Å². The fourth-order valence-electron chi connectivity index (χ4n) is 2.06. The highest BCUT2D eigenvalue weighted by Gasteiger charge is 2.07. The molecule has 2 heterocycles. The lowest BCUT2D eigenvalue weighted by molar-refractivity contribution is -0.120. The first kappa shape index (κ1) is 12.8. The molecule has 1 aliphatic rings. The van der Waals surface area contributed by atoms with Crippen molar-refractivity contribution in [2.75, 3.05) is 26.2 Å². The minimum absolute atomic E-state index is 0.0653. The highest BCUT2D eigenvalue weighted by Crippen LogP contribution is 2.00. The van der Waals surface area contributed by atoms with E-state index >= 15 is 0 Å². The van der Waals surface area contributed by atoms with Crippen LogP contribution in [0.1, 0.15) is 12.0 Å². The van der Waals surface area contributed by atoms with Gasteiger partial charge in [-0.3, -0.25) is 14.4 Å². The summed E-state index contributed by atoms with van der Waals surface area (Å²) in [4.78, 5) is 14.0. The Balaban J connectivity index is 1.64. The molecular weight excluding hydrogens is 228 g/mol. The molecule has 0 atom stereocenters. The van der Waals surface area contributed by atoms with Crippen molar-refractivity contribution >= 4 is 5.91 Å². The van der Waals surface area contributed by atoms with Crippen molar-refractivity contribution in [2.45, 2.75) is 12.8 Å². The molecule has 1 aliphatic heterocycles. The standard InChI is InChI=1S/C13H20N4O/c1-16-11-12(10-15-16)9-13(18)14-5-8-17-6-3-2-4-7-17/h2-3,10-11H,4-9H2,1H3,(H,14,18). The first-order valence-corrected chi connectivity index (χ1v) is 6.35. The van der Waals surface area contributed by atoms with Gasteiger partial charge in [0.25, 0.3) is 0 Å². The average molecular weight is 248 g/mol. The van der Waals surface area contributed by atoms with Crippen molar-refractivity contribution in [2.24, 2.45) is 7.05 Å². The van der Waals surface area contributed by atoms with E-state index in [0.29, 0.717) is 13.0 Å². The number of rotatable bonds is 5. The molecule has 0 saturated carbocycles. The number of hydrogen-bond acceptors (Lipinski definition) is 3. The van der Waals surface area contributed by atoms with Crippen LogP contribution in [-0.4, -0.2) is 46.8 Å². The smallest absolute Gasteiger partial charge is 0.224 e. The molecule has 0 spiro atoms. The van der Waals surface area contributed by atoms with E-state index in [1.54, 1.807) is 10.9 Å². The first-order chi connectivity index (χ1) is 8.74. The Morgan fingerprint density at radius 1 is 1.50 bits per heavy atom. The molecule has 2 rings (SSSR count). The van der Waals surface area contributed by atoms with Crippen molar-refractivity contribution in [1.82, 2.24) is 20.0 Å². The molecule has 5 heteroatoms. The molecule has 0 saturated heterocycles. The van der Waals surface area contributed by atoms with Crippen molar-refractivity contribution < 1.29 is 4.79 Å². The minimum Gasteiger partial charge on any atom is -0.355 e. The normalized spacial score (nSPS) is 15.8. The van der Waals surface area contributed by atoms with E-state index in [4.69, 9.17) is 0 Å². The summed E-state index contributed by atoms with van der Waals surface area (Å²) in [7, 11) is 1.85. The Morgan fingerprint density at radius 3 is 3.06 bits per heavy atom. The number of carbonyl (C=O) groups excluding carboxylic acids is 1. The predicted molar refractivity (Wildman–Crippen MR) is 70.1 cm³/mol. The second kappa shape index (κ2) is 6.35. The maximum atomic E-state index is 11.7. The summed E-state index contributed by atoms with van der Waals surface area (Å²) in [5, 5.41) is 6.99. The number of nitrogens with one attached hydrogen (secondary N) is 1. The second-order valence-corrected chi connectivity index (χ2v) is 4.61. The van der Waals surface area contributed by atoms with Gasteiger partial charge in [0.2, 0.25) is 5.91 Å². The molecule has 0 radical (unpaired) electrons. The topological polar surface area (TPSA) is 50.2 Å². The van der Waals surface area contributed by atoms with Crippen LogP contribution in [0, 0.1) is 0 Å². The molecule has 1 amide bonds. The van der Waals surface area contributed by atoms with Gasteiger partial charge in [0.1, 0.15) is 0 Å². The summed E-state index contributed by atoms with van der Waals surface area (Å²) in [6.45, 7) is 3.73. The zero-order chi connectivity index (χ0) is 12.8. The molecule has 1 aromatic heterocycles. The van der Waals surface area contributed by atoms with Crippen LogP contribution in [0.2, 0.25) is 0 Å². The third-order valence-corrected chi connectivity index (χ3v) is 3.02. The third-order valence-electron chi connectivity index (χ3n) is 3.02. The Bertz CT molecular complexity index is 424. The third kappa shape index (κ3) is 4.00. The number of aryl methyl sites for hydroxylation is 1. The average Bonchev–Trinajstić information content (AvgIpc) is 2.76. The fourth-order valence-corrected chi connectivity index (χ4v) is 2.06. The van der Waals surface area contributed by atoms with Gasteiger partial charge in [-0.25, -0.2) is 0 Å². The maximum Gasteiger partial charge on any atom is 0.224 e. The summed E-state index contributed by atoms with van der Waals surface area (Å²) >= 11 is 0. The molecule has 5 nitrogen and oxygen atoms in total. The van der Waals surface area contributed by atoms with E-state index in [9.17, 15) is 4.79 Å². The lowest BCUT2D eigenvalue weighted by Crippen LogP contribution is -2.37. The van der Waals surface area contributed by atoms with Crippen LogP contribution in [0.15, 0.2) is 24.5 Å². The van der Waals surface area contributed by atoms with Gasteiger partial charge in [-0.2, -0.15) is 5.10 Å². The molecule has 1 N–H and O–H groups in total. The largest absolute Gasteiger partial charge is 0.355 e. The maximum absolute atomic E-state index is 11.7. The Kier molecular flexibility index (Phi) is 4.52. The summed E-state index contributed by atoms with van der Waals surface area (Å²) in [6, 6.07) is 0. The number of amides is 1. The zero-order valence-electron chi connectivity index (χ0n) is 10.8. The number of hydrogen-bond donors (Lipinski definition) is 1. The summed E-state index contributed by atoms with van der Waals surface area (Å²) in [5.41, 5.74) is 0.955. The Labute approximate surface area is 107 Å². The molecule has 18 heavy (non-hydrogen) atoms. The van der Waals surface area contributed by atoms with Gasteiger partial charge < -0.3 is 5.32 Å². The van der Waals surface area contributed by atoms with E-state index < -0.39 is 0 Å². The van der Waals surface area contributed by atoms with Gasteiger partial charge in [0.05, 0.1) is 12.6 Å². The summed E-state index contributed by atoms with van der Waals surface area (Å²) in [5.74, 6) is 0.0653. The van der Waals surface area contributed by atoms with E-state index in [2.05, 4.69) is 27.5 Å². The highest BCUT2D eigenvalue weighted by atomic mass is 16.1. The van der Waals surface area contributed by atoms with Crippen LogP contribution in [0.4, 0.5) is 0 Å². The van der Waals surface area contributed by atoms with Crippen molar-refractivity contribution in [1.29, 1.82) is 0 Å². The fraction of sp³-hybridized carbons (Fsp3) is 0.538. The van der Waals surface area contributed by atoms with Crippen LogP contribution in [-0.2, 0) is 18.3 Å². The molecule has 0 bridgehead atoms. The van der Waals surface area contributed by atoms with Gasteiger partial charge in [0.15, 0.2) is 0 Å². The summed E-state index contributed by atoms with van der Waals surface area (Å²) < 4.78 is 1.71. The van der Waals surface area contributed by atoms with Crippen LogP contribution >= 0.6 is 0 Å². The van der Waals surface area contributed by atoms with E-state index in [1.165, 1.54) is 0 Å². The van der Waals surface area contributed by atoms with Crippen molar-refractivity contribution in [3.8, 4) is 0 Å². The van der Waals surface area contributed by atoms with Gasteiger partial charge in [-0.15, -0.1) is 0 Å². The lowest BCUT2D eigenvalue weighted by Gasteiger charge is -2.22. The van der Waals surface area contributed by atoms with E-state index in [-0.39, 0.29) is 5.91 Å². The SMILES string of the molecule is Cn1cc(CC(=O)NCCN2CC=CCC2)cn1. The molecule has 0 aliphatic carbocycles. The number of carbonyl (C=O) groups is 1. The zero-order valence-corrected chi connectivity index (χ0v) is 10.8. The number of nitrogens with zero attached hydrogens (tertiary/aromatic N) is 3. The second-order valence-electron chi connectivity index (χ2n) is 4.61. The molecule has 0 unspecified atom stereocenters. The molecule has 98 valence electrons. The highest BCUT2D eigenvalue weighted by molar-refractivity contribution is 5.78. The van der Waals surface area contributed by atoms with Gasteiger partial charge in [-0.05, 0) is 12.0 Å². The van der Waals surface area contributed by atoms with Crippen molar-refractivity contribution in [3.05, 3.63) is 30.1 Å². The summed E-state index contributed by atoms with van der Waals surface area (Å²) in [6.07, 6.45) is 9.51. The Morgan fingerprint density at radius 2 is 2.39 bits per heavy atom. The Hall–Kier alpha value is -1.62. The molecule has 0 aromatic carbocycles. The van der Waals surface area contributed by atoms with Gasteiger partial charge in [0, 0.05) is 39.4 Å². The van der Waals surface area contributed by atoms with Crippen molar-refractivity contribution in [3.63, 3.8) is 0 Å². The molecular formula is C13H20N4O. The lowest BCUT2D eigenvalue weighted by atomic mass is 10.2. The quantitative estimate of drug-likeness (QED) is 0.765. The molecule has 1 aromatic rings. The van der Waals surface area contributed by atoms with Crippen LogP contribution in [0.25, 0.3) is 0 Å².